The highest BCUT2D eigenvalue weighted by molar-refractivity contribution is 9.10. The molecule has 4 heteroatoms. The minimum atomic E-state index is -0.486. The van der Waals surface area contributed by atoms with E-state index >= 15 is 0 Å². The van der Waals surface area contributed by atoms with Gasteiger partial charge in [-0.2, -0.15) is 0 Å². The quantitative estimate of drug-likeness (QED) is 0.474. The lowest BCUT2D eigenvalue weighted by Gasteiger charge is -2.05. The van der Waals surface area contributed by atoms with Gasteiger partial charge in [0.15, 0.2) is 5.78 Å². The van der Waals surface area contributed by atoms with E-state index in [9.17, 15) is 9.59 Å². The van der Waals surface area contributed by atoms with Gasteiger partial charge in [-0.25, -0.2) is 0 Å². The standard InChI is InChI=1S/C12H13BrO3/c1-9(13)11(14)7-12(15)16-8-10-5-3-2-4-6-10/h2-6,9H,7-8H2,1H3. The zero-order valence-corrected chi connectivity index (χ0v) is 10.6. The summed E-state index contributed by atoms with van der Waals surface area (Å²) in [5, 5.41) is 0. The summed E-state index contributed by atoms with van der Waals surface area (Å²) in [6.07, 6.45) is -0.181. The Balaban J connectivity index is 2.34. The third-order valence-corrected chi connectivity index (χ3v) is 2.52. The van der Waals surface area contributed by atoms with Gasteiger partial charge < -0.3 is 4.74 Å². The molecule has 0 heterocycles. The third-order valence-electron chi connectivity index (χ3n) is 2.00. The molecule has 0 N–H and O–H groups in total. The average Bonchev–Trinajstić information content (AvgIpc) is 2.27. The first kappa shape index (κ1) is 12.9. The van der Waals surface area contributed by atoms with Gasteiger partial charge in [-0.05, 0) is 12.5 Å². The Morgan fingerprint density at radius 1 is 1.31 bits per heavy atom. The summed E-state index contributed by atoms with van der Waals surface area (Å²) in [6, 6.07) is 9.36. The second-order valence-corrected chi connectivity index (χ2v) is 4.78. The van der Waals surface area contributed by atoms with E-state index in [1.54, 1.807) is 6.92 Å². The Hall–Kier alpha value is -1.16. The number of Topliss-reactive ketones (excluding diaryl/α,β-unsaturated/α-hetero) is 1. The fourth-order valence-electron chi connectivity index (χ4n) is 1.07. The van der Waals surface area contributed by atoms with Crippen molar-refractivity contribution >= 4 is 27.7 Å². The van der Waals surface area contributed by atoms with E-state index in [1.165, 1.54) is 0 Å². The molecule has 1 rings (SSSR count). The van der Waals surface area contributed by atoms with Gasteiger partial charge in [0.05, 0.1) is 4.83 Å². The van der Waals surface area contributed by atoms with E-state index in [0.717, 1.165) is 5.56 Å². The maximum atomic E-state index is 11.3. The number of hydrogen-bond donors (Lipinski definition) is 0. The molecule has 0 aliphatic heterocycles. The van der Waals surface area contributed by atoms with Gasteiger partial charge >= 0.3 is 5.97 Å². The van der Waals surface area contributed by atoms with E-state index < -0.39 is 5.97 Å². The average molecular weight is 285 g/mol. The van der Waals surface area contributed by atoms with E-state index in [-0.39, 0.29) is 23.6 Å². The van der Waals surface area contributed by atoms with Crippen LogP contribution in [-0.2, 0) is 20.9 Å². The number of hydrogen-bond acceptors (Lipinski definition) is 3. The Bertz CT molecular complexity index is 360. The molecule has 3 nitrogen and oxygen atoms in total. The molecule has 0 saturated carbocycles. The first-order valence-corrected chi connectivity index (χ1v) is 5.87. The van der Waals surface area contributed by atoms with Crippen LogP contribution in [0.15, 0.2) is 30.3 Å². The molecule has 1 aromatic rings. The summed E-state index contributed by atoms with van der Waals surface area (Å²) >= 11 is 3.11. The van der Waals surface area contributed by atoms with Gasteiger partial charge in [-0.3, -0.25) is 9.59 Å². The van der Waals surface area contributed by atoms with Crippen LogP contribution in [0.3, 0.4) is 0 Å². The molecule has 1 atom stereocenters. The zero-order chi connectivity index (χ0) is 12.0. The minimum absolute atomic E-state index is 0.168. The highest BCUT2D eigenvalue weighted by Gasteiger charge is 2.14. The molecule has 0 spiro atoms. The third kappa shape index (κ3) is 4.57. The van der Waals surface area contributed by atoms with Crippen molar-refractivity contribution in [1.29, 1.82) is 0 Å². The van der Waals surface area contributed by atoms with Crippen LogP contribution in [0, 0.1) is 0 Å². The molecule has 0 amide bonds. The van der Waals surface area contributed by atoms with E-state index in [0.29, 0.717) is 0 Å². The van der Waals surface area contributed by atoms with Gasteiger partial charge in [0.1, 0.15) is 13.0 Å². The summed E-state index contributed by atoms with van der Waals surface area (Å²) in [6.45, 7) is 1.90. The molecule has 86 valence electrons. The van der Waals surface area contributed by atoms with Gasteiger partial charge in [-0.1, -0.05) is 46.3 Å². The van der Waals surface area contributed by atoms with E-state index in [4.69, 9.17) is 4.74 Å². The Labute approximate surface area is 103 Å². The SMILES string of the molecule is CC(Br)C(=O)CC(=O)OCc1ccccc1. The van der Waals surface area contributed by atoms with Crippen molar-refractivity contribution in [2.75, 3.05) is 0 Å². The van der Waals surface area contributed by atoms with Gasteiger partial charge in [0, 0.05) is 0 Å². The zero-order valence-electron chi connectivity index (χ0n) is 8.98. The topological polar surface area (TPSA) is 43.4 Å². The van der Waals surface area contributed by atoms with Gasteiger partial charge in [0.25, 0.3) is 0 Å². The molecule has 0 fully saturated rings. The molecule has 0 saturated heterocycles. The molecule has 0 bridgehead atoms. The Morgan fingerprint density at radius 3 is 2.50 bits per heavy atom. The molecule has 16 heavy (non-hydrogen) atoms. The van der Waals surface area contributed by atoms with Crippen LogP contribution in [0.1, 0.15) is 18.9 Å². The maximum Gasteiger partial charge on any atom is 0.313 e. The number of alkyl halides is 1. The second-order valence-electron chi connectivity index (χ2n) is 3.41. The molecule has 0 radical (unpaired) electrons. The highest BCUT2D eigenvalue weighted by atomic mass is 79.9. The molecule has 0 aliphatic carbocycles. The molecule has 1 unspecified atom stereocenters. The number of carbonyl (C=O) groups is 2. The smallest absolute Gasteiger partial charge is 0.313 e. The Morgan fingerprint density at radius 2 is 1.94 bits per heavy atom. The number of ketones is 1. The number of benzene rings is 1. The van der Waals surface area contributed by atoms with Crippen molar-refractivity contribution in [3.05, 3.63) is 35.9 Å². The van der Waals surface area contributed by atoms with Crippen LogP contribution in [-0.4, -0.2) is 16.6 Å². The molecule has 0 aliphatic rings. The minimum Gasteiger partial charge on any atom is -0.460 e. The predicted molar refractivity (Wildman–Crippen MR) is 64.3 cm³/mol. The largest absolute Gasteiger partial charge is 0.460 e. The summed E-state index contributed by atoms with van der Waals surface area (Å²) < 4.78 is 4.97. The van der Waals surface area contributed by atoms with Crippen LogP contribution in [0.25, 0.3) is 0 Å². The monoisotopic (exact) mass is 284 g/mol. The maximum absolute atomic E-state index is 11.3. The lowest BCUT2D eigenvalue weighted by atomic mass is 10.2. The van der Waals surface area contributed by atoms with Crippen molar-refractivity contribution in [3.8, 4) is 0 Å². The van der Waals surface area contributed by atoms with Crippen LogP contribution in [0.5, 0.6) is 0 Å². The van der Waals surface area contributed by atoms with Crippen molar-refractivity contribution in [2.45, 2.75) is 24.8 Å². The van der Waals surface area contributed by atoms with Crippen molar-refractivity contribution < 1.29 is 14.3 Å². The number of carbonyl (C=O) groups excluding carboxylic acids is 2. The van der Waals surface area contributed by atoms with Crippen molar-refractivity contribution in [3.63, 3.8) is 0 Å². The highest BCUT2D eigenvalue weighted by Crippen LogP contribution is 2.05. The van der Waals surface area contributed by atoms with Gasteiger partial charge in [0.2, 0.25) is 0 Å². The fraction of sp³-hybridized carbons (Fsp3) is 0.333. The van der Waals surface area contributed by atoms with E-state index in [2.05, 4.69) is 15.9 Å². The first-order valence-electron chi connectivity index (χ1n) is 4.96. The predicted octanol–water partition coefficient (Wildman–Crippen LogP) is 2.47. The summed E-state index contributed by atoms with van der Waals surface area (Å²) in [5.74, 6) is -0.654. The van der Waals surface area contributed by atoms with Crippen LogP contribution in [0.4, 0.5) is 0 Å². The molecular weight excluding hydrogens is 272 g/mol. The second kappa shape index (κ2) is 6.43. The molecule has 0 aromatic heterocycles. The number of halogens is 1. The number of ether oxygens (including phenoxy) is 1. The summed E-state index contributed by atoms with van der Waals surface area (Å²) in [7, 11) is 0. The summed E-state index contributed by atoms with van der Waals surface area (Å²) in [4.78, 5) is 22.2. The fourth-order valence-corrected chi connectivity index (χ4v) is 1.23. The van der Waals surface area contributed by atoms with Crippen LogP contribution in [0.2, 0.25) is 0 Å². The van der Waals surface area contributed by atoms with Gasteiger partial charge in [-0.15, -0.1) is 0 Å². The first-order chi connectivity index (χ1) is 7.59. The normalized spacial score (nSPS) is 11.9. The van der Waals surface area contributed by atoms with E-state index in [1.807, 2.05) is 30.3 Å². The lowest BCUT2D eigenvalue weighted by molar-refractivity contribution is -0.147. The Kier molecular flexibility index (Phi) is 5.19. The van der Waals surface area contributed by atoms with Crippen LogP contribution >= 0.6 is 15.9 Å². The van der Waals surface area contributed by atoms with Crippen molar-refractivity contribution in [2.24, 2.45) is 0 Å². The summed E-state index contributed by atoms with van der Waals surface area (Å²) in [5.41, 5.74) is 0.912. The molecular formula is C12H13BrO3. The van der Waals surface area contributed by atoms with Crippen LogP contribution < -0.4 is 0 Å². The van der Waals surface area contributed by atoms with Crippen molar-refractivity contribution in [1.82, 2.24) is 0 Å². The number of esters is 1. The number of rotatable bonds is 5. The lowest BCUT2D eigenvalue weighted by Crippen LogP contribution is -2.16. The molecule has 1 aromatic carbocycles.